The van der Waals surface area contributed by atoms with Crippen LogP contribution in [0.25, 0.3) is 0 Å². The van der Waals surface area contributed by atoms with Crippen molar-refractivity contribution in [1.29, 1.82) is 0 Å². The highest BCUT2D eigenvalue weighted by molar-refractivity contribution is 6.18. The molecule has 0 radical (unpaired) electrons. The second-order valence-corrected chi connectivity index (χ2v) is 4.56. The van der Waals surface area contributed by atoms with Crippen LogP contribution in [-0.4, -0.2) is 17.7 Å². The van der Waals surface area contributed by atoms with Gasteiger partial charge in [-0.15, -0.1) is 0 Å². The van der Waals surface area contributed by atoms with E-state index in [0.29, 0.717) is 29.1 Å². The van der Waals surface area contributed by atoms with Gasteiger partial charge in [0, 0.05) is 31.3 Å². The van der Waals surface area contributed by atoms with E-state index in [2.05, 4.69) is 6.58 Å². The third-order valence-electron chi connectivity index (χ3n) is 3.20. The molecule has 0 heterocycles. The van der Waals surface area contributed by atoms with Gasteiger partial charge < -0.3 is 16.4 Å². The van der Waals surface area contributed by atoms with E-state index < -0.39 is 0 Å². The standard InChI is InChI=1S/C14H16FN3O/c1-8-12(17)13(14(8)19)18(2)7-10-5-9(6-16)3-4-11(10)15/h3-5H,1,6-7,16-17H2,2H3. The summed E-state index contributed by atoms with van der Waals surface area (Å²) in [6.45, 7) is 4.16. The average Bonchev–Trinajstić information content (AvgIpc) is 2.41. The minimum atomic E-state index is -0.325. The Bertz CT molecular complexity index is 592. The number of ketones is 1. The maximum atomic E-state index is 13.7. The van der Waals surface area contributed by atoms with Crippen molar-refractivity contribution in [3.63, 3.8) is 0 Å². The predicted octanol–water partition coefficient (Wildman–Crippen LogP) is 1.03. The summed E-state index contributed by atoms with van der Waals surface area (Å²) in [5, 5.41) is 0. The molecule has 0 saturated carbocycles. The van der Waals surface area contributed by atoms with Gasteiger partial charge >= 0.3 is 0 Å². The Morgan fingerprint density at radius 3 is 2.68 bits per heavy atom. The number of carbonyl (C=O) groups excluding carboxylic acids is 1. The molecule has 4 nitrogen and oxygen atoms in total. The molecule has 0 spiro atoms. The van der Waals surface area contributed by atoms with E-state index in [4.69, 9.17) is 11.5 Å². The number of nitrogens with zero attached hydrogens (tertiary/aromatic N) is 1. The second kappa shape index (κ2) is 4.85. The van der Waals surface area contributed by atoms with Gasteiger partial charge in [0.1, 0.15) is 11.5 Å². The Kier molecular flexibility index (Phi) is 3.40. The highest BCUT2D eigenvalue weighted by Gasteiger charge is 2.32. The predicted molar refractivity (Wildman–Crippen MR) is 71.1 cm³/mol. The van der Waals surface area contributed by atoms with Crippen molar-refractivity contribution in [2.45, 2.75) is 13.1 Å². The summed E-state index contributed by atoms with van der Waals surface area (Å²) in [4.78, 5) is 13.2. The smallest absolute Gasteiger partial charge is 0.212 e. The van der Waals surface area contributed by atoms with E-state index in [0.717, 1.165) is 5.56 Å². The highest BCUT2D eigenvalue weighted by atomic mass is 19.1. The van der Waals surface area contributed by atoms with E-state index in [1.807, 2.05) is 0 Å². The zero-order valence-corrected chi connectivity index (χ0v) is 10.7. The lowest BCUT2D eigenvalue weighted by molar-refractivity contribution is -0.114. The monoisotopic (exact) mass is 261 g/mol. The number of halogens is 1. The van der Waals surface area contributed by atoms with Crippen LogP contribution in [0.2, 0.25) is 0 Å². The van der Waals surface area contributed by atoms with Gasteiger partial charge in [0.25, 0.3) is 0 Å². The van der Waals surface area contributed by atoms with Gasteiger partial charge in [-0.3, -0.25) is 4.79 Å². The van der Waals surface area contributed by atoms with Crippen LogP contribution in [0.4, 0.5) is 4.39 Å². The molecule has 0 amide bonds. The number of hydrogen-bond donors (Lipinski definition) is 2. The number of benzene rings is 1. The van der Waals surface area contributed by atoms with Crippen molar-refractivity contribution >= 4 is 5.78 Å². The van der Waals surface area contributed by atoms with E-state index in [-0.39, 0.29) is 18.1 Å². The van der Waals surface area contributed by atoms with Crippen molar-refractivity contribution in [2.75, 3.05) is 7.05 Å². The summed E-state index contributed by atoms with van der Waals surface area (Å²) in [6, 6.07) is 4.72. The molecule has 2 rings (SSSR count). The van der Waals surface area contributed by atoms with Gasteiger partial charge in [-0.1, -0.05) is 12.6 Å². The molecule has 0 atom stereocenters. The number of rotatable bonds is 4. The van der Waals surface area contributed by atoms with Crippen LogP contribution in [0.3, 0.4) is 0 Å². The fraction of sp³-hybridized carbons (Fsp3) is 0.214. The summed E-state index contributed by atoms with van der Waals surface area (Å²) in [5.41, 5.74) is 13.6. The maximum Gasteiger partial charge on any atom is 0.212 e. The number of allylic oxidation sites excluding steroid dienone is 2. The first-order chi connectivity index (χ1) is 8.95. The lowest BCUT2D eigenvalue weighted by atomic mass is 9.92. The van der Waals surface area contributed by atoms with Crippen molar-refractivity contribution in [1.82, 2.24) is 4.90 Å². The summed E-state index contributed by atoms with van der Waals surface area (Å²) >= 11 is 0. The fourth-order valence-corrected chi connectivity index (χ4v) is 2.06. The normalized spacial score (nSPS) is 14.7. The molecule has 0 bridgehead atoms. The first-order valence-corrected chi connectivity index (χ1v) is 5.88. The lowest BCUT2D eigenvalue weighted by Gasteiger charge is -2.30. The van der Waals surface area contributed by atoms with Crippen LogP contribution in [0, 0.1) is 5.82 Å². The quantitative estimate of drug-likeness (QED) is 0.794. The molecular weight excluding hydrogens is 245 g/mol. The van der Waals surface area contributed by atoms with Crippen LogP contribution < -0.4 is 11.5 Å². The topological polar surface area (TPSA) is 72.3 Å². The van der Waals surface area contributed by atoms with Crippen LogP contribution in [0.5, 0.6) is 0 Å². The van der Waals surface area contributed by atoms with E-state index >= 15 is 0 Å². The summed E-state index contributed by atoms with van der Waals surface area (Å²) < 4.78 is 13.7. The number of Topliss-reactive ketones (excluding diaryl/α,β-unsaturated/α-hetero) is 1. The Labute approximate surface area is 111 Å². The number of likely N-dealkylation sites (N-methyl/N-ethyl adjacent to an activating group) is 1. The molecule has 5 heteroatoms. The molecular formula is C14H16FN3O. The summed E-state index contributed by atoms with van der Waals surface area (Å²) in [7, 11) is 1.70. The molecule has 0 fully saturated rings. The molecule has 1 aromatic carbocycles. The molecule has 4 N–H and O–H groups in total. The molecule has 1 aliphatic rings. The molecule has 0 saturated heterocycles. The van der Waals surface area contributed by atoms with Crippen molar-refractivity contribution in [3.05, 3.63) is 58.7 Å². The number of hydrogen-bond acceptors (Lipinski definition) is 4. The van der Waals surface area contributed by atoms with Crippen LogP contribution in [0.1, 0.15) is 11.1 Å². The first kappa shape index (κ1) is 13.3. The van der Waals surface area contributed by atoms with Crippen molar-refractivity contribution < 1.29 is 9.18 Å². The zero-order valence-electron chi connectivity index (χ0n) is 10.7. The molecule has 0 aliphatic heterocycles. The van der Waals surface area contributed by atoms with E-state index in [1.54, 1.807) is 24.1 Å². The average molecular weight is 261 g/mol. The highest BCUT2D eigenvalue weighted by Crippen LogP contribution is 2.28. The van der Waals surface area contributed by atoms with E-state index in [1.165, 1.54) is 6.07 Å². The second-order valence-electron chi connectivity index (χ2n) is 4.56. The first-order valence-electron chi connectivity index (χ1n) is 5.88. The van der Waals surface area contributed by atoms with Crippen LogP contribution >= 0.6 is 0 Å². The Balaban J connectivity index is 2.23. The molecule has 0 unspecified atom stereocenters. The Hall–Kier alpha value is -2.14. The third-order valence-corrected chi connectivity index (χ3v) is 3.20. The molecule has 1 aromatic rings. The number of nitrogens with two attached hydrogens (primary N) is 2. The fourth-order valence-electron chi connectivity index (χ4n) is 2.06. The SMILES string of the molecule is C=C1C(=O)C(N(C)Cc2cc(CN)ccc2F)=C1N. The Morgan fingerprint density at radius 2 is 2.11 bits per heavy atom. The van der Waals surface area contributed by atoms with Gasteiger partial charge in [-0.05, 0) is 17.7 Å². The minimum Gasteiger partial charge on any atom is -0.396 e. The molecule has 1 aliphatic carbocycles. The van der Waals surface area contributed by atoms with Gasteiger partial charge in [-0.2, -0.15) is 0 Å². The third kappa shape index (κ3) is 2.24. The van der Waals surface area contributed by atoms with Crippen molar-refractivity contribution in [3.8, 4) is 0 Å². The molecule has 19 heavy (non-hydrogen) atoms. The molecule has 0 aromatic heterocycles. The molecule has 100 valence electrons. The van der Waals surface area contributed by atoms with Gasteiger partial charge in [0.2, 0.25) is 5.78 Å². The van der Waals surface area contributed by atoms with Gasteiger partial charge in [-0.25, -0.2) is 4.39 Å². The van der Waals surface area contributed by atoms with Gasteiger partial charge in [0.05, 0.1) is 5.70 Å². The number of carbonyl (C=O) groups is 1. The minimum absolute atomic E-state index is 0.185. The lowest BCUT2D eigenvalue weighted by Crippen LogP contribution is -2.36. The zero-order chi connectivity index (χ0) is 14.2. The van der Waals surface area contributed by atoms with Crippen LogP contribution in [0.15, 0.2) is 41.7 Å². The summed E-state index contributed by atoms with van der Waals surface area (Å²) in [5.74, 6) is -0.510. The van der Waals surface area contributed by atoms with Gasteiger partial charge in [0.15, 0.2) is 0 Å². The Morgan fingerprint density at radius 1 is 1.42 bits per heavy atom. The van der Waals surface area contributed by atoms with Crippen LogP contribution in [-0.2, 0) is 17.9 Å². The van der Waals surface area contributed by atoms with E-state index in [9.17, 15) is 9.18 Å². The summed E-state index contributed by atoms with van der Waals surface area (Å²) in [6.07, 6.45) is 0. The maximum absolute atomic E-state index is 13.7. The van der Waals surface area contributed by atoms with Crippen molar-refractivity contribution in [2.24, 2.45) is 11.5 Å². The largest absolute Gasteiger partial charge is 0.396 e.